The van der Waals surface area contributed by atoms with Crippen molar-refractivity contribution in [1.29, 1.82) is 0 Å². The summed E-state index contributed by atoms with van der Waals surface area (Å²) in [5, 5.41) is 2.78. The Morgan fingerprint density at radius 1 is 0.938 bits per heavy atom. The SMILES string of the molecule is O=C(COc1cccc2c1CCCC2)NCCOc1ccc(S(=O)(=O)N2CCCC2)cc1. The van der Waals surface area contributed by atoms with Crippen LogP contribution in [0.2, 0.25) is 0 Å². The van der Waals surface area contributed by atoms with Crippen LogP contribution in [0.1, 0.15) is 36.8 Å². The largest absolute Gasteiger partial charge is 0.492 e. The van der Waals surface area contributed by atoms with Gasteiger partial charge in [-0.3, -0.25) is 4.79 Å². The third kappa shape index (κ3) is 5.42. The Morgan fingerprint density at radius 3 is 2.47 bits per heavy atom. The van der Waals surface area contributed by atoms with Crippen molar-refractivity contribution in [3.05, 3.63) is 53.6 Å². The van der Waals surface area contributed by atoms with E-state index in [0.717, 1.165) is 37.9 Å². The fraction of sp³-hybridized carbons (Fsp3) is 0.458. The zero-order valence-electron chi connectivity index (χ0n) is 18.2. The van der Waals surface area contributed by atoms with E-state index in [0.29, 0.717) is 25.4 Å². The Kier molecular flexibility index (Phi) is 7.32. The van der Waals surface area contributed by atoms with E-state index in [1.54, 1.807) is 24.3 Å². The number of nitrogens with zero attached hydrogens (tertiary/aromatic N) is 1. The lowest BCUT2D eigenvalue weighted by Gasteiger charge is -2.19. The number of amides is 1. The Hall–Kier alpha value is -2.58. The predicted octanol–water partition coefficient (Wildman–Crippen LogP) is 2.92. The summed E-state index contributed by atoms with van der Waals surface area (Å²) in [5.74, 6) is 1.17. The first-order valence-corrected chi connectivity index (χ1v) is 12.7. The van der Waals surface area contributed by atoms with E-state index < -0.39 is 10.0 Å². The molecule has 0 spiro atoms. The molecule has 0 bridgehead atoms. The zero-order chi connectivity index (χ0) is 22.4. The number of rotatable bonds is 9. The fourth-order valence-corrected chi connectivity index (χ4v) is 5.74. The summed E-state index contributed by atoms with van der Waals surface area (Å²) in [6.07, 6.45) is 6.24. The molecule has 0 aromatic heterocycles. The molecule has 1 saturated heterocycles. The topological polar surface area (TPSA) is 84.9 Å². The average molecular weight is 459 g/mol. The summed E-state index contributed by atoms with van der Waals surface area (Å²) in [6, 6.07) is 12.5. The number of fused-ring (bicyclic) bond motifs is 1. The second-order valence-corrected chi connectivity index (χ2v) is 10.1. The maximum atomic E-state index is 12.6. The van der Waals surface area contributed by atoms with Gasteiger partial charge in [-0.2, -0.15) is 4.31 Å². The molecule has 8 heteroatoms. The van der Waals surface area contributed by atoms with Gasteiger partial charge < -0.3 is 14.8 Å². The fourth-order valence-electron chi connectivity index (χ4n) is 4.22. The Balaban J connectivity index is 1.19. The van der Waals surface area contributed by atoms with E-state index in [1.165, 1.54) is 21.9 Å². The molecule has 32 heavy (non-hydrogen) atoms. The van der Waals surface area contributed by atoms with Crippen molar-refractivity contribution < 1.29 is 22.7 Å². The Labute approximate surface area is 189 Å². The summed E-state index contributed by atoms with van der Waals surface area (Å²) < 4.78 is 38.0. The van der Waals surface area contributed by atoms with Crippen LogP contribution in [0.25, 0.3) is 0 Å². The van der Waals surface area contributed by atoms with Crippen LogP contribution in [0.15, 0.2) is 47.4 Å². The van der Waals surface area contributed by atoms with Crippen LogP contribution in [0, 0.1) is 0 Å². The van der Waals surface area contributed by atoms with Gasteiger partial charge in [-0.25, -0.2) is 8.42 Å². The van der Waals surface area contributed by atoms with Crippen molar-refractivity contribution >= 4 is 15.9 Å². The lowest BCUT2D eigenvalue weighted by molar-refractivity contribution is -0.123. The quantitative estimate of drug-likeness (QED) is 0.584. The van der Waals surface area contributed by atoms with Gasteiger partial charge in [0, 0.05) is 13.1 Å². The molecular weight excluding hydrogens is 428 g/mol. The molecule has 0 atom stereocenters. The normalized spacial score (nSPS) is 16.4. The summed E-state index contributed by atoms with van der Waals surface area (Å²) >= 11 is 0. The van der Waals surface area contributed by atoms with Crippen molar-refractivity contribution in [3.8, 4) is 11.5 Å². The minimum Gasteiger partial charge on any atom is -0.492 e. The van der Waals surface area contributed by atoms with Crippen molar-refractivity contribution in [1.82, 2.24) is 9.62 Å². The summed E-state index contributed by atoms with van der Waals surface area (Å²) in [5.41, 5.74) is 2.55. The van der Waals surface area contributed by atoms with E-state index in [4.69, 9.17) is 9.47 Å². The Bertz CT molecular complexity index is 1030. The molecule has 172 valence electrons. The maximum Gasteiger partial charge on any atom is 0.258 e. The number of sulfonamides is 1. The van der Waals surface area contributed by atoms with Gasteiger partial charge in [0.15, 0.2) is 6.61 Å². The number of benzene rings is 2. The number of carbonyl (C=O) groups excluding carboxylic acids is 1. The number of hydrogen-bond acceptors (Lipinski definition) is 5. The van der Waals surface area contributed by atoms with Gasteiger partial charge in [0.2, 0.25) is 10.0 Å². The van der Waals surface area contributed by atoms with Gasteiger partial charge in [-0.05, 0) is 80.0 Å². The van der Waals surface area contributed by atoms with E-state index >= 15 is 0 Å². The molecule has 2 aliphatic rings. The van der Waals surface area contributed by atoms with Gasteiger partial charge in [0.05, 0.1) is 11.4 Å². The van der Waals surface area contributed by atoms with E-state index in [2.05, 4.69) is 11.4 Å². The van der Waals surface area contributed by atoms with Crippen molar-refractivity contribution in [2.75, 3.05) is 32.8 Å². The zero-order valence-corrected chi connectivity index (χ0v) is 19.0. The third-order valence-electron chi connectivity index (χ3n) is 5.93. The van der Waals surface area contributed by atoms with E-state index in [1.807, 2.05) is 12.1 Å². The molecular formula is C24H30N2O5S. The predicted molar refractivity (Wildman–Crippen MR) is 122 cm³/mol. The first-order valence-electron chi connectivity index (χ1n) is 11.3. The number of aryl methyl sites for hydroxylation is 1. The Morgan fingerprint density at radius 2 is 1.69 bits per heavy atom. The average Bonchev–Trinajstić information content (AvgIpc) is 3.37. The van der Waals surface area contributed by atoms with E-state index in [-0.39, 0.29) is 24.0 Å². The minimum atomic E-state index is -3.42. The number of carbonyl (C=O) groups is 1. The summed E-state index contributed by atoms with van der Waals surface area (Å²) in [4.78, 5) is 12.4. The van der Waals surface area contributed by atoms with Crippen LogP contribution in [-0.2, 0) is 27.7 Å². The smallest absolute Gasteiger partial charge is 0.258 e. The van der Waals surface area contributed by atoms with Gasteiger partial charge in [-0.15, -0.1) is 0 Å². The minimum absolute atomic E-state index is 0.0283. The lowest BCUT2D eigenvalue weighted by atomic mass is 9.91. The molecule has 4 rings (SSSR count). The van der Waals surface area contributed by atoms with Crippen LogP contribution in [0.3, 0.4) is 0 Å². The lowest BCUT2D eigenvalue weighted by Crippen LogP contribution is -2.32. The monoisotopic (exact) mass is 458 g/mol. The van der Waals surface area contributed by atoms with Gasteiger partial charge >= 0.3 is 0 Å². The standard InChI is InChI=1S/C24H30N2O5S/c27-24(18-31-23-9-5-7-19-6-1-2-8-22(19)23)25-14-17-30-20-10-12-21(13-11-20)32(28,29)26-15-3-4-16-26/h5,7,9-13H,1-4,6,8,14-18H2,(H,25,27). The molecule has 2 aromatic carbocycles. The van der Waals surface area contributed by atoms with Crippen molar-refractivity contribution in [3.63, 3.8) is 0 Å². The molecule has 1 aliphatic carbocycles. The molecule has 1 aliphatic heterocycles. The maximum absolute atomic E-state index is 12.6. The van der Waals surface area contributed by atoms with Crippen LogP contribution >= 0.6 is 0 Å². The highest BCUT2D eigenvalue weighted by atomic mass is 32.2. The molecule has 0 radical (unpaired) electrons. The highest BCUT2D eigenvalue weighted by Crippen LogP contribution is 2.29. The molecule has 1 fully saturated rings. The van der Waals surface area contributed by atoms with Crippen LogP contribution in [0.4, 0.5) is 0 Å². The van der Waals surface area contributed by atoms with Gasteiger partial charge in [0.1, 0.15) is 18.1 Å². The van der Waals surface area contributed by atoms with Gasteiger partial charge in [-0.1, -0.05) is 12.1 Å². The molecule has 7 nitrogen and oxygen atoms in total. The van der Waals surface area contributed by atoms with Crippen LogP contribution < -0.4 is 14.8 Å². The second-order valence-electron chi connectivity index (χ2n) is 8.17. The molecule has 1 N–H and O–H groups in total. The van der Waals surface area contributed by atoms with Gasteiger partial charge in [0.25, 0.3) is 5.91 Å². The van der Waals surface area contributed by atoms with Crippen LogP contribution in [-0.4, -0.2) is 51.5 Å². The number of nitrogens with one attached hydrogen (secondary N) is 1. The molecule has 2 aromatic rings. The highest BCUT2D eigenvalue weighted by Gasteiger charge is 2.26. The third-order valence-corrected chi connectivity index (χ3v) is 7.84. The molecule has 0 saturated carbocycles. The van der Waals surface area contributed by atoms with Crippen molar-refractivity contribution in [2.24, 2.45) is 0 Å². The molecule has 0 unspecified atom stereocenters. The number of ether oxygens (including phenoxy) is 2. The second kappa shape index (κ2) is 10.4. The summed E-state index contributed by atoms with van der Waals surface area (Å²) in [6.45, 7) is 1.75. The summed E-state index contributed by atoms with van der Waals surface area (Å²) in [7, 11) is -3.42. The first kappa shape index (κ1) is 22.6. The number of hydrogen-bond donors (Lipinski definition) is 1. The van der Waals surface area contributed by atoms with Crippen LogP contribution in [0.5, 0.6) is 11.5 Å². The first-order chi connectivity index (χ1) is 15.5. The molecule has 1 amide bonds. The van der Waals surface area contributed by atoms with Crippen molar-refractivity contribution in [2.45, 2.75) is 43.4 Å². The highest BCUT2D eigenvalue weighted by molar-refractivity contribution is 7.89. The molecule has 1 heterocycles. The van der Waals surface area contributed by atoms with E-state index in [9.17, 15) is 13.2 Å².